The Balaban J connectivity index is 2.36. The van der Waals surface area contributed by atoms with E-state index in [4.69, 9.17) is 0 Å². The lowest BCUT2D eigenvalue weighted by Crippen LogP contribution is -2.41. The van der Waals surface area contributed by atoms with Crippen LogP contribution in [0.3, 0.4) is 0 Å². The summed E-state index contributed by atoms with van der Waals surface area (Å²) in [5.41, 5.74) is 2.39. The number of carbonyl (C=O) groups excluding carboxylic acids is 1. The summed E-state index contributed by atoms with van der Waals surface area (Å²) in [7, 11) is -3.84. The maximum Gasteiger partial charge on any atom is 0.264 e. The van der Waals surface area contributed by atoms with Gasteiger partial charge in [0.25, 0.3) is 10.0 Å². The molecule has 1 amide bonds. The minimum absolute atomic E-state index is 0.172. The van der Waals surface area contributed by atoms with Crippen molar-refractivity contribution in [3.63, 3.8) is 0 Å². The lowest BCUT2D eigenvalue weighted by Gasteiger charge is -2.24. The van der Waals surface area contributed by atoms with E-state index in [1.165, 1.54) is 4.31 Å². The molecule has 6 heteroatoms. The summed E-state index contributed by atoms with van der Waals surface area (Å²) < 4.78 is 27.5. The molecule has 0 unspecified atom stereocenters. The first-order valence-electron chi connectivity index (χ1n) is 8.77. The molecule has 2 rings (SSSR count). The molecule has 0 aliphatic rings. The van der Waals surface area contributed by atoms with Gasteiger partial charge in [-0.25, -0.2) is 8.42 Å². The smallest absolute Gasteiger partial charge is 0.264 e. The quantitative estimate of drug-likeness (QED) is 0.720. The SMILES string of the molecule is CCCCNC(=O)CN(c1cccc(C)c1)S(=O)(=O)c1ccc(C)cc1. The van der Waals surface area contributed by atoms with Crippen LogP contribution >= 0.6 is 0 Å². The number of hydrogen-bond donors (Lipinski definition) is 1. The third-order valence-corrected chi connectivity index (χ3v) is 5.83. The molecule has 1 N–H and O–H groups in total. The summed E-state index contributed by atoms with van der Waals surface area (Å²) in [6, 6.07) is 13.8. The molecule has 5 nitrogen and oxygen atoms in total. The fourth-order valence-electron chi connectivity index (χ4n) is 2.53. The molecule has 0 atom stereocenters. The summed E-state index contributed by atoms with van der Waals surface area (Å²) in [5, 5.41) is 2.79. The van der Waals surface area contributed by atoms with Gasteiger partial charge in [0.15, 0.2) is 0 Å². The molecule has 0 spiro atoms. The molecule has 2 aromatic rings. The Morgan fingerprint density at radius 1 is 1.04 bits per heavy atom. The van der Waals surface area contributed by atoms with Crippen molar-refractivity contribution in [3.05, 3.63) is 59.7 Å². The summed E-state index contributed by atoms with van der Waals surface area (Å²) in [6.45, 7) is 6.12. The lowest BCUT2D eigenvalue weighted by molar-refractivity contribution is -0.119. The van der Waals surface area contributed by atoms with Crippen LogP contribution in [0, 0.1) is 13.8 Å². The maximum absolute atomic E-state index is 13.2. The van der Waals surface area contributed by atoms with Crippen LogP contribution in [0.1, 0.15) is 30.9 Å². The summed E-state index contributed by atoms with van der Waals surface area (Å²) in [4.78, 5) is 12.5. The number of benzene rings is 2. The highest BCUT2D eigenvalue weighted by Crippen LogP contribution is 2.24. The molecule has 0 heterocycles. The predicted molar refractivity (Wildman–Crippen MR) is 105 cm³/mol. The van der Waals surface area contributed by atoms with Gasteiger partial charge in [-0.3, -0.25) is 9.10 Å². The van der Waals surface area contributed by atoms with Gasteiger partial charge in [-0.15, -0.1) is 0 Å². The lowest BCUT2D eigenvalue weighted by atomic mass is 10.2. The largest absolute Gasteiger partial charge is 0.355 e. The zero-order valence-electron chi connectivity index (χ0n) is 15.5. The van der Waals surface area contributed by atoms with Crippen molar-refractivity contribution in [2.24, 2.45) is 0 Å². The van der Waals surface area contributed by atoms with E-state index in [9.17, 15) is 13.2 Å². The molecule has 26 heavy (non-hydrogen) atoms. The van der Waals surface area contributed by atoms with Crippen molar-refractivity contribution in [2.45, 2.75) is 38.5 Å². The van der Waals surface area contributed by atoms with Crippen molar-refractivity contribution in [1.82, 2.24) is 5.32 Å². The van der Waals surface area contributed by atoms with E-state index in [-0.39, 0.29) is 17.3 Å². The Kier molecular flexibility index (Phi) is 6.80. The Labute approximate surface area is 156 Å². The Bertz CT molecular complexity index is 846. The average Bonchev–Trinajstić information content (AvgIpc) is 2.60. The van der Waals surface area contributed by atoms with Gasteiger partial charge in [0.2, 0.25) is 5.91 Å². The van der Waals surface area contributed by atoms with Crippen LogP contribution in [-0.2, 0) is 14.8 Å². The molecule has 0 aliphatic heterocycles. The van der Waals surface area contributed by atoms with Gasteiger partial charge in [0.1, 0.15) is 6.54 Å². The van der Waals surface area contributed by atoms with Gasteiger partial charge < -0.3 is 5.32 Å². The van der Waals surface area contributed by atoms with Crippen molar-refractivity contribution in [3.8, 4) is 0 Å². The normalized spacial score (nSPS) is 11.2. The Hall–Kier alpha value is -2.34. The molecule has 0 aliphatic carbocycles. The molecule has 140 valence electrons. The van der Waals surface area contributed by atoms with E-state index in [1.807, 2.05) is 26.8 Å². The molecule has 0 fully saturated rings. The van der Waals surface area contributed by atoms with Crippen LogP contribution in [-0.4, -0.2) is 27.4 Å². The number of hydrogen-bond acceptors (Lipinski definition) is 3. The average molecular weight is 375 g/mol. The minimum atomic E-state index is -3.84. The summed E-state index contributed by atoms with van der Waals surface area (Å²) >= 11 is 0. The van der Waals surface area contributed by atoms with Crippen LogP contribution in [0.15, 0.2) is 53.4 Å². The monoisotopic (exact) mass is 374 g/mol. The zero-order valence-corrected chi connectivity index (χ0v) is 16.3. The first kappa shape index (κ1) is 20.0. The predicted octanol–water partition coefficient (Wildman–Crippen LogP) is 3.42. The van der Waals surface area contributed by atoms with Crippen LogP contribution in [0.25, 0.3) is 0 Å². The third kappa shape index (κ3) is 5.08. The highest BCUT2D eigenvalue weighted by Gasteiger charge is 2.27. The highest BCUT2D eigenvalue weighted by atomic mass is 32.2. The van der Waals surface area contributed by atoms with Crippen molar-refractivity contribution >= 4 is 21.6 Å². The number of nitrogens with one attached hydrogen (secondary N) is 1. The Morgan fingerprint density at radius 3 is 2.35 bits per heavy atom. The molecular formula is C20H26N2O3S. The van der Waals surface area contributed by atoms with Crippen molar-refractivity contribution < 1.29 is 13.2 Å². The fourth-order valence-corrected chi connectivity index (χ4v) is 3.94. The van der Waals surface area contributed by atoms with Crippen LogP contribution in [0.4, 0.5) is 5.69 Å². The van der Waals surface area contributed by atoms with E-state index >= 15 is 0 Å². The first-order valence-corrected chi connectivity index (χ1v) is 10.2. The van der Waals surface area contributed by atoms with Crippen LogP contribution in [0.5, 0.6) is 0 Å². The molecule has 0 aromatic heterocycles. The van der Waals surface area contributed by atoms with Crippen molar-refractivity contribution in [1.29, 1.82) is 0 Å². The number of anilines is 1. The standard InChI is InChI=1S/C20H26N2O3S/c1-4-5-13-21-20(23)15-22(18-8-6-7-17(3)14-18)26(24,25)19-11-9-16(2)10-12-19/h6-12,14H,4-5,13,15H2,1-3H3,(H,21,23). The number of aryl methyl sites for hydroxylation is 2. The summed E-state index contributed by atoms with van der Waals surface area (Å²) in [5.74, 6) is -0.310. The molecule has 0 bridgehead atoms. The van der Waals surface area contributed by atoms with Gasteiger partial charge in [-0.1, -0.05) is 43.2 Å². The van der Waals surface area contributed by atoms with Gasteiger partial charge >= 0.3 is 0 Å². The number of carbonyl (C=O) groups is 1. The zero-order chi connectivity index (χ0) is 19.2. The van der Waals surface area contributed by atoms with E-state index in [0.717, 1.165) is 24.0 Å². The third-order valence-electron chi connectivity index (χ3n) is 4.04. The topological polar surface area (TPSA) is 66.5 Å². The maximum atomic E-state index is 13.2. The fraction of sp³-hybridized carbons (Fsp3) is 0.350. The second-order valence-electron chi connectivity index (χ2n) is 6.37. The second-order valence-corrected chi connectivity index (χ2v) is 8.23. The molecule has 2 aromatic carbocycles. The van der Waals surface area contributed by atoms with Gasteiger partial charge in [-0.05, 0) is 50.1 Å². The van der Waals surface area contributed by atoms with Crippen molar-refractivity contribution in [2.75, 3.05) is 17.4 Å². The molecule has 0 saturated carbocycles. The number of sulfonamides is 1. The van der Waals surface area contributed by atoms with Crippen LogP contribution in [0.2, 0.25) is 0 Å². The Morgan fingerprint density at radius 2 is 1.73 bits per heavy atom. The molecular weight excluding hydrogens is 348 g/mol. The number of amides is 1. The summed E-state index contributed by atoms with van der Waals surface area (Å²) in [6.07, 6.45) is 1.82. The number of rotatable bonds is 8. The van der Waals surface area contributed by atoms with E-state index < -0.39 is 10.0 Å². The number of nitrogens with zero attached hydrogens (tertiary/aromatic N) is 1. The van der Waals surface area contributed by atoms with E-state index in [1.54, 1.807) is 42.5 Å². The van der Waals surface area contributed by atoms with E-state index in [2.05, 4.69) is 5.32 Å². The van der Waals surface area contributed by atoms with Crippen LogP contribution < -0.4 is 9.62 Å². The van der Waals surface area contributed by atoms with Gasteiger partial charge in [-0.2, -0.15) is 0 Å². The minimum Gasteiger partial charge on any atom is -0.355 e. The van der Waals surface area contributed by atoms with E-state index in [0.29, 0.717) is 12.2 Å². The molecule has 0 saturated heterocycles. The molecule has 0 radical (unpaired) electrons. The highest BCUT2D eigenvalue weighted by molar-refractivity contribution is 7.92. The number of unbranched alkanes of at least 4 members (excludes halogenated alkanes) is 1. The van der Waals surface area contributed by atoms with Gasteiger partial charge in [0, 0.05) is 6.54 Å². The van der Waals surface area contributed by atoms with Gasteiger partial charge in [0.05, 0.1) is 10.6 Å². The second kappa shape index (κ2) is 8.85. The first-order chi connectivity index (χ1) is 12.3.